The number of hydrogen-bond acceptors (Lipinski definition) is 6. The van der Waals surface area contributed by atoms with E-state index in [0.29, 0.717) is 41.3 Å². The van der Waals surface area contributed by atoms with Crippen molar-refractivity contribution in [3.8, 4) is 0 Å². The molecule has 2 aromatic heterocycles. The molecule has 2 aromatic rings. The minimum absolute atomic E-state index is 0.247. The molecule has 1 aliphatic heterocycles. The summed E-state index contributed by atoms with van der Waals surface area (Å²) in [6.07, 6.45) is 2.73. The molecule has 3 heterocycles. The molecule has 0 unspecified atom stereocenters. The van der Waals surface area contributed by atoms with Gasteiger partial charge in [0.1, 0.15) is 10.6 Å². The van der Waals surface area contributed by atoms with E-state index >= 15 is 0 Å². The highest BCUT2D eigenvalue weighted by atomic mass is 32.1. The predicted octanol–water partition coefficient (Wildman–Crippen LogP) is 1.22. The minimum atomic E-state index is -0.247. The number of anilines is 1. The second-order valence-electron chi connectivity index (χ2n) is 4.18. The van der Waals surface area contributed by atoms with Crippen molar-refractivity contribution < 1.29 is 4.79 Å². The molecule has 0 aliphatic carbocycles. The van der Waals surface area contributed by atoms with Gasteiger partial charge in [0.15, 0.2) is 5.13 Å². The Labute approximate surface area is 107 Å². The van der Waals surface area contributed by atoms with Crippen LogP contribution in [-0.4, -0.2) is 28.8 Å². The number of nitrogens with zero attached hydrogens (tertiary/aromatic N) is 3. The SMILES string of the molecule is O=C1CCN(c2nc(=O)c3cccnc3s2)CC1. The molecule has 5 nitrogen and oxygen atoms in total. The molecule has 0 atom stereocenters. The first-order chi connectivity index (χ1) is 8.74. The summed E-state index contributed by atoms with van der Waals surface area (Å²) in [7, 11) is 0. The molecule has 1 saturated heterocycles. The first kappa shape index (κ1) is 11.3. The first-order valence-electron chi connectivity index (χ1n) is 5.76. The Hall–Kier alpha value is -1.82. The fraction of sp³-hybridized carbons (Fsp3) is 0.333. The molecule has 0 N–H and O–H groups in total. The van der Waals surface area contributed by atoms with Crippen molar-refractivity contribution in [3.05, 3.63) is 28.7 Å². The molecule has 0 aromatic carbocycles. The molecule has 92 valence electrons. The number of Topliss-reactive ketones (excluding diaryl/α,β-unsaturated/α-hetero) is 1. The number of aromatic nitrogens is 2. The number of carbonyl (C=O) groups excluding carboxylic acids is 1. The normalized spacial score (nSPS) is 16.2. The van der Waals surface area contributed by atoms with Crippen molar-refractivity contribution >= 4 is 32.5 Å². The van der Waals surface area contributed by atoms with Crippen LogP contribution in [0.4, 0.5) is 5.13 Å². The zero-order valence-corrected chi connectivity index (χ0v) is 10.4. The number of rotatable bonds is 1. The van der Waals surface area contributed by atoms with E-state index in [0.717, 1.165) is 0 Å². The van der Waals surface area contributed by atoms with E-state index in [2.05, 4.69) is 9.97 Å². The van der Waals surface area contributed by atoms with Crippen LogP contribution in [0.2, 0.25) is 0 Å². The molecule has 6 heteroatoms. The maximum Gasteiger partial charge on any atom is 0.282 e. The van der Waals surface area contributed by atoms with Crippen LogP contribution in [0.15, 0.2) is 23.1 Å². The van der Waals surface area contributed by atoms with E-state index in [1.807, 2.05) is 4.90 Å². The Morgan fingerprint density at radius 3 is 2.78 bits per heavy atom. The summed E-state index contributed by atoms with van der Waals surface area (Å²) in [6.45, 7) is 1.28. The van der Waals surface area contributed by atoms with E-state index in [9.17, 15) is 9.59 Å². The van der Waals surface area contributed by atoms with Crippen LogP contribution < -0.4 is 10.5 Å². The Morgan fingerprint density at radius 1 is 1.22 bits per heavy atom. The number of fused-ring (bicyclic) bond motifs is 1. The standard InChI is InChI=1S/C12H11N3O2S/c16-8-3-6-15(7-4-8)12-14-10(17)9-2-1-5-13-11(9)18-12/h1-2,5H,3-4,6-7H2. The smallest absolute Gasteiger partial charge is 0.282 e. The average Bonchev–Trinajstić information content (AvgIpc) is 2.39. The summed E-state index contributed by atoms with van der Waals surface area (Å²) in [5.74, 6) is 0.275. The van der Waals surface area contributed by atoms with Crippen molar-refractivity contribution in [2.45, 2.75) is 12.8 Å². The molecular weight excluding hydrogens is 250 g/mol. The quantitative estimate of drug-likeness (QED) is 0.772. The van der Waals surface area contributed by atoms with E-state index in [4.69, 9.17) is 0 Å². The van der Waals surface area contributed by atoms with Crippen molar-refractivity contribution in [1.82, 2.24) is 9.97 Å². The fourth-order valence-corrected chi connectivity index (χ4v) is 2.97. The maximum atomic E-state index is 11.9. The summed E-state index contributed by atoms with van der Waals surface area (Å²) < 4.78 is 0. The van der Waals surface area contributed by atoms with Crippen molar-refractivity contribution in [2.24, 2.45) is 0 Å². The molecule has 0 radical (unpaired) electrons. The van der Waals surface area contributed by atoms with Gasteiger partial charge < -0.3 is 4.90 Å². The van der Waals surface area contributed by atoms with Gasteiger partial charge in [0.25, 0.3) is 5.56 Å². The highest BCUT2D eigenvalue weighted by Crippen LogP contribution is 2.23. The van der Waals surface area contributed by atoms with E-state index in [1.54, 1.807) is 18.3 Å². The third-order valence-electron chi connectivity index (χ3n) is 2.98. The van der Waals surface area contributed by atoms with Crippen LogP contribution in [0.5, 0.6) is 0 Å². The van der Waals surface area contributed by atoms with Crippen LogP contribution in [0, 0.1) is 0 Å². The highest BCUT2D eigenvalue weighted by Gasteiger charge is 2.19. The average molecular weight is 261 g/mol. The molecular formula is C12H11N3O2S. The molecule has 18 heavy (non-hydrogen) atoms. The minimum Gasteiger partial charge on any atom is -0.347 e. The van der Waals surface area contributed by atoms with Crippen molar-refractivity contribution in [3.63, 3.8) is 0 Å². The Balaban J connectivity index is 2.03. The van der Waals surface area contributed by atoms with Gasteiger partial charge in [-0.2, -0.15) is 4.98 Å². The monoisotopic (exact) mass is 261 g/mol. The van der Waals surface area contributed by atoms with Crippen LogP contribution in [0.25, 0.3) is 10.2 Å². The third-order valence-corrected chi connectivity index (χ3v) is 4.03. The second-order valence-corrected chi connectivity index (χ2v) is 5.14. The van der Waals surface area contributed by atoms with Gasteiger partial charge in [0.05, 0.1) is 5.39 Å². The molecule has 0 spiro atoms. The number of carbonyl (C=O) groups is 1. The predicted molar refractivity (Wildman–Crippen MR) is 70.1 cm³/mol. The number of pyridine rings is 1. The molecule has 1 fully saturated rings. The summed E-state index contributed by atoms with van der Waals surface area (Å²) in [5, 5.41) is 1.22. The van der Waals surface area contributed by atoms with Gasteiger partial charge in [-0.25, -0.2) is 4.98 Å². The van der Waals surface area contributed by atoms with Gasteiger partial charge in [-0.05, 0) is 12.1 Å². The molecule has 1 aliphatic rings. The molecule has 3 rings (SSSR count). The lowest BCUT2D eigenvalue weighted by atomic mass is 10.1. The Morgan fingerprint density at radius 2 is 2.00 bits per heavy atom. The van der Waals surface area contributed by atoms with Gasteiger partial charge in [0.2, 0.25) is 0 Å². The largest absolute Gasteiger partial charge is 0.347 e. The second kappa shape index (κ2) is 4.45. The van der Waals surface area contributed by atoms with Crippen LogP contribution >= 0.6 is 11.3 Å². The van der Waals surface area contributed by atoms with E-state index in [1.165, 1.54) is 11.3 Å². The van der Waals surface area contributed by atoms with Crippen molar-refractivity contribution in [2.75, 3.05) is 18.0 Å². The molecule has 0 saturated carbocycles. The van der Waals surface area contributed by atoms with E-state index in [-0.39, 0.29) is 11.3 Å². The Bertz CT molecular complexity index is 658. The molecule has 0 bridgehead atoms. The number of piperidine rings is 1. The lowest BCUT2D eigenvalue weighted by molar-refractivity contribution is -0.119. The van der Waals surface area contributed by atoms with Gasteiger partial charge >= 0.3 is 0 Å². The van der Waals surface area contributed by atoms with E-state index < -0.39 is 0 Å². The summed E-state index contributed by atoms with van der Waals surface area (Å²) >= 11 is 1.40. The highest BCUT2D eigenvalue weighted by molar-refractivity contribution is 7.21. The van der Waals surface area contributed by atoms with Crippen molar-refractivity contribution in [1.29, 1.82) is 0 Å². The topological polar surface area (TPSA) is 63.2 Å². The first-order valence-corrected chi connectivity index (χ1v) is 6.58. The number of ketones is 1. The lowest BCUT2D eigenvalue weighted by Gasteiger charge is -2.25. The molecule has 0 amide bonds. The zero-order valence-electron chi connectivity index (χ0n) is 9.63. The maximum absolute atomic E-state index is 11.9. The number of hydrogen-bond donors (Lipinski definition) is 0. The zero-order chi connectivity index (χ0) is 12.5. The van der Waals surface area contributed by atoms with Gasteiger partial charge in [-0.3, -0.25) is 9.59 Å². The summed E-state index contributed by atoms with van der Waals surface area (Å²) in [5.41, 5.74) is -0.247. The fourth-order valence-electron chi connectivity index (χ4n) is 1.97. The van der Waals surface area contributed by atoms with Gasteiger partial charge in [0, 0.05) is 32.1 Å². The third kappa shape index (κ3) is 1.99. The summed E-state index contributed by atoms with van der Waals surface area (Å²) in [4.78, 5) is 34.0. The van der Waals surface area contributed by atoms with Crippen LogP contribution in [0.1, 0.15) is 12.8 Å². The van der Waals surface area contributed by atoms with Crippen LogP contribution in [-0.2, 0) is 4.79 Å². The van der Waals surface area contributed by atoms with Crippen LogP contribution in [0.3, 0.4) is 0 Å². The summed E-state index contributed by atoms with van der Waals surface area (Å²) in [6, 6.07) is 3.47. The lowest BCUT2D eigenvalue weighted by Crippen LogP contribution is -2.34. The Kier molecular flexibility index (Phi) is 2.79. The van der Waals surface area contributed by atoms with Gasteiger partial charge in [-0.15, -0.1) is 0 Å². The van der Waals surface area contributed by atoms with Gasteiger partial charge in [-0.1, -0.05) is 11.3 Å².